The molecule has 0 saturated heterocycles. The molecule has 1 aliphatic rings. The van der Waals surface area contributed by atoms with Crippen LogP contribution in [0.5, 0.6) is 5.75 Å². The van der Waals surface area contributed by atoms with Gasteiger partial charge < -0.3 is 19.2 Å². The molecule has 5 nitrogen and oxygen atoms in total. The third-order valence-electron chi connectivity index (χ3n) is 4.61. The summed E-state index contributed by atoms with van der Waals surface area (Å²) in [5.74, 6) is -0.272. The largest absolute Gasteiger partial charge is 0.493 e. The van der Waals surface area contributed by atoms with Crippen LogP contribution in [-0.2, 0) is 22.1 Å². The lowest BCUT2D eigenvalue weighted by atomic mass is 9.89. The molecule has 1 atom stereocenters. The molecule has 1 aromatic carbocycles. The first-order valence-corrected chi connectivity index (χ1v) is 9.78. The number of aldehydes is 1. The minimum Gasteiger partial charge on any atom is -0.493 e. The maximum atomic E-state index is 13.5. The molecule has 0 aliphatic carbocycles. The Morgan fingerprint density at radius 3 is 2.52 bits per heavy atom. The van der Waals surface area contributed by atoms with Crippen molar-refractivity contribution in [2.75, 3.05) is 13.2 Å². The van der Waals surface area contributed by atoms with Crippen molar-refractivity contribution < 1.29 is 32.2 Å². The molecule has 0 bridgehead atoms. The Morgan fingerprint density at radius 2 is 1.97 bits per heavy atom. The van der Waals surface area contributed by atoms with E-state index in [9.17, 15) is 22.8 Å². The summed E-state index contributed by atoms with van der Waals surface area (Å²) in [6.45, 7) is 7.44. The van der Waals surface area contributed by atoms with Gasteiger partial charge in [-0.2, -0.15) is 13.2 Å². The second kappa shape index (κ2) is 9.05. The predicted octanol–water partition coefficient (Wildman–Crippen LogP) is 5.31. The van der Waals surface area contributed by atoms with Gasteiger partial charge >= 0.3 is 12.3 Å². The van der Waals surface area contributed by atoms with Crippen molar-refractivity contribution in [1.82, 2.24) is 4.90 Å². The fourth-order valence-electron chi connectivity index (χ4n) is 3.28. The summed E-state index contributed by atoms with van der Waals surface area (Å²) in [4.78, 5) is 25.3. The van der Waals surface area contributed by atoms with E-state index in [1.807, 2.05) is 6.92 Å². The number of ether oxygens (including phenoxy) is 2. The molecular formula is C21H28F3NO4. The summed E-state index contributed by atoms with van der Waals surface area (Å²) in [6, 6.07) is 1.72. The van der Waals surface area contributed by atoms with Crippen LogP contribution in [0.4, 0.5) is 18.0 Å². The summed E-state index contributed by atoms with van der Waals surface area (Å²) in [7, 11) is 0. The SMILES string of the molecule is CCCCOc1cc2c(cc1C(F)(F)F)CCN(C(=O)OC(C)(C)C)[C@H]2CC=O. The highest BCUT2D eigenvalue weighted by atomic mass is 19.4. The quantitative estimate of drug-likeness (QED) is 0.467. The number of rotatable bonds is 6. The lowest BCUT2D eigenvalue weighted by Gasteiger charge is -2.38. The number of amides is 1. The summed E-state index contributed by atoms with van der Waals surface area (Å²) in [6.07, 6.45) is -2.88. The van der Waals surface area contributed by atoms with Gasteiger partial charge in [0.25, 0.3) is 0 Å². The van der Waals surface area contributed by atoms with Gasteiger partial charge in [-0.1, -0.05) is 13.3 Å². The first kappa shape index (κ1) is 23.0. The number of benzene rings is 1. The molecule has 29 heavy (non-hydrogen) atoms. The Kier molecular flexibility index (Phi) is 7.19. The van der Waals surface area contributed by atoms with E-state index in [0.717, 1.165) is 12.5 Å². The van der Waals surface area contributed by atoms with Crippen LogP contribution in [0.25, 0.3) is 0 Å². The number of fused-ring (bicyclic) bond motifs is 1. The maximum absolute atomic E-state index is 13.5. The van der Waals surface area contributed by atoms with Crippen molar-refractivity contribution in [2.45, 2.75) is 71.2 Å². The Bertz CT molecular complexity index is 741. The van der Waals surface area contributed by atoms with Crippen LogP contribution in [0.1, 0.15) is 69.7 Å². The lowest BCUT2D eigenvalue weighted by molar-refractivity contribution is -0.139. The minimum absolute atomic E-state index is 0.0357. The van der Waals surface area contributed by atoms with Gasteiger partial charge in [0.05, 0.1) is 18.2 Å². The van der Waals surface area contributed by atoms with Gasteiger partial charge in [0.15, 0.2) is 0 Å². The molecule has 0 spiro atoms. The van der Waals surface area contributed by atoms with E-state index in [1.165, 1.54) is 11.0 Å². The van der Waals surface area contributed by atoms with Crippen molar-refractivity contribution in [3.05, 3.63) is 28.8 Å². The standard InChI is InChI=1S/C21H28F3NO4/c1-5-6-11-28-18-13-15-14(12-16(18)21(22,23)24)7-9-25(17(15)8-10-26)19(27)29-20(2,3)4/h10,12-13,17H,5-9,11H2,1-4H3/t17-/m0/s1. The number of hydrogen-bond donors (Lipinski definition) is 0. The number of alkyl halides is 3. The van der Waals surface area contributed by atoms with E-state index < -0.39 is 29.5 Å². The Hall–Kier alpha value is -2.25. The van der Waals surface area contributed by atoms with Crippen molar-refractivity contribution >= 4 is 12.4 Å². The molecule has 1 amide bonds. The van der Waals surface area contributed by atoms with Crippen LogP contribution >= 0.6 is 0 Å². The van der Waals surface area contributed by atoms with Crippen LogP contribution in [0.2, 0.25) is 0 Å². The second-order valence-electron chi connectivity index (χ2n) is 8.09. The van der Waals surface area contributed by atoms with E-state index in [4.69, 9.17) is 9.47 Å². The predicted molar refractivity (Wildman–Crippen MR) is 102 cm³/mol. The molecule has 2 rings (SSSR count). The number of carbonyl (C=O) groups excluding carboxylic acids is 2. The molecule has 0 saturated carbocycles. The number of hydrogen-bond acceptors (Lipinski definition) is 4. The number of carbonyl (C=O) groups is 2. The highest BCUT2D eigenvalue weighted by Gasteiger charge is 2.39. The lowest BCUT2D eigenvalue weighted by Crippen LogP contribution is -2.43. The highest BCUT2D eigenvalue weighted by Crippen LogP contribution is 2.42. The molecule has 0 unspecified atom stereocenters. The topological polar surface area (TPSA) is 55.8 Å². The van der Waals surface area contributed by atoms with Crippen molar-refractivity contribution in [3.8, 4) is 5.75 Å². The molecule has 1 heterocycles. The van der Waals surface area contributed by atoms with Gasteiger partial charge in [0, 0.05) is 13.0 Å². The van der Waals surface area contributed by atoms with Crippen LogP contribution in [0.3, 0.4) is 0 Å². The fourth-order valence-corrected chi connectivity index (χ4v) is 3.28. The summed E-state index contributed by atoms with van der Waals surface area (Å²) in [5, 5.41) is 0. The molecular weight excluding hydrogens is 387 g/mol. The normalized spacial score (nSPS) is 16.9. The second-order valence-corrected chi connectivity index (χ2v) is 8.09. The van der Waals surface area contributed by atoms with E-state index >= 15 is 0 Å². The molecule has 1 aromatic rings. The van der Waals surface area contributed by atoms with Crippen LogP contribution in [-0.4, -0.2) is 36.0 Å². The van der Waals surface area contributed by atoms with Crippen LogP contribution in [0, 0.1) is 0 Å². The Balaban J connectivity index is 2.46. The zero-order chi connectivity index (χ0) is 21.8. The Morgan fingerprint density at radius 1 is 1.28 bits per heavy atom. The van der Waals surface area contributed by atoms with E-state index in [2.05, 4.69) is 0 Å². The van der Waals surface area contributed by atoms with Crippen LogP contribution < -0.4 is 4.74 Å². The van der Waals surface area contributed by atoms with Gasteiger partial charge in [-0.3, -0.25) is 0 Å². The molecule has 1 aliphatic heterocycles. The fraction of sp³-hybridized carbons (Fsp3) is 0.619. The highest BCUT2D eigenvalue weighted by molar-refractivity contribution is 5.71. The molecule has 0 radical (unpaired) electrons. The van der Waals surface area contributed by atoms with Gasteiger partial charge in [-0.15, -0.1) is 0 Å². The zero-order valence-electron chi connectivity index (χ0n) is 17.3. The molecule has 0 aromatic heterocycles. The number of unbranched alkanes of at least 4 members (excludes halogenated alkanes) is 1. The summed E-state index contributed by atoms with van der Waals surface area (Å²) < 4.78 is 51.5. The van der Waals surface area contributed by atoms with Crippen molar-refractivity contribution in [2.24, 2.45) is 0 Å². The van der Waals surface area contributed by atoms with E-state index in [1.54, 1.807) is 20.8 Å². The monoisotopic (exact) mass is 415 g/mol. The molecule has 0 fully saturated rings. The third-order valence-corrected chi connectivity index (χ3v) is 4.61. The molecule has 0 N–H and O–H groups in total. The van der Waals surface area contributed by atoms with Crippen LogP contribution in [0.15, 0.2) is 12.1 Å². The molecule has 8 heteroatoms. The maximum Gasteiger partial charge on any atom is 0.419 e. The van der Waals surface area contributed by atoms with Gasteiger partial charge in [0.1, 0.15) is 17.6 Å². The first-order valence-electron chi connectivity index (χ1n) is 9.78. The first-order chi connectivity index (χ1) is 13.5. The van der Waals surface area contributed by atoms with Gasteiger partial charge in [0.2, 0.25) is 0 Å². The van der Waals surface area contributed by atoms with Gasteiger partial charge in [-0.25, -0.2) is 4.79 Å². The van der Waals surface area contributed by atoms with Crippen molar-refractivity contribution in [1.29, 1.82) is 0 Å². The smallest absolute Gasteiger partial charge is 0.419 e. The van der Waals surface area contributed by atoms with E-state index in [-0.39, 0.29) is 31.7 Å². The zero-order valence-corrected chi connectivity index (χ0v) is 17.3. The van der Waals surface area contributed by atoms with Crippen molar-refractivity contribution in [3.63, 3.8) is 0 Å². The van der Waals surface area contributed by atoms with E-state index in [0.29, 0.717) is 23.8 Å². The number of nitrogens with zero attached hydrogens (tertiary/aromatic N) is 1. The third kappa shape index (κ3) is 5.87. The molecule has 162 valence electrons. The average Bonchev–Trinajstić information content (AvgIpc) is 2.59. The number of halogens is 3. The van der Waals surface area contributed by atoms with Gasteiger partial charge in [-0.05, 0) is 56.9 Å². The Labute approximate surface area is 169 Å². The average molecular weight is 415 g/mol. The minimum atomic E-state index is -4.56. The summed E-state index contributed by atoms with van der Waals surface area (Å²) in [5.41, 5.74) is -0.596. The summed E-state index contributed by atoms with van der Waals surface area (Å²) >= 11 is 0.